The maximum absolute atomic E-state index is 13.0. The van der Waals surface area contributed by atoms with Crippen molar-refractivity contribution < 1.29 is 9.18 Å². The highest BCUT2D eigenvalue weighted by atomic mass is 79.9. The van der Waals surface area contributed by atoms with E-state index >= 15 is 0 Å². The van der Waals surface area contributed by atoms with Crippen LogP contribution in [0.15, 0.2) is 22.7 Å². The number of anilines is 1. The second-order valence-electron chi connectivity index (χ2n) is 2.73. The molecule has 1 rings (SSSR count). The predicted octanol–water partition coefficient (Wildman–Crippen LogP) is 3.31. The summed E-state index contributed by atoms with van der Waals surface area (Å²) in [6.45, 7) is 1.70. The molecule has 0 aliphatic heterocycles. The first-order valence-electron chi connectivity index (χ1n) is 3.90. The van der Waals surface area contributed by atoms with E-state index in [-0.39, 0.29) is 10.7 Å². The van der Waals surface area contributed by atoms with Crippen LogP contribution in [-0.4, -0.2) is 10.7 Å². The number of benzene rings is 1. The van der Waals surface area contributed by atoms with Crippen molar-refractivity contribution in [2.24, 2.45) is 0 Å². The maximum atomic E-state index is 13.0. The van der Waals surface area contributed by atoms with Gasteiger partial charge in [0, 0.05) is 5.69 Å². The molecular formula is C9H8Br2FNO. The van der Waals surface area contributed by atoms with Crippen LogP contribution in [0.2, 0.25) is 0 Å². The summed E-state index contributed by atoms with van der Waals surface area (Å²) in [5, 5.41) is 2.56. The molecule has 2 nitrogen and oxygen atoms in total. The van der Waals surface area contributed by atoms with Crippen molar-refractivity contribution >= 4 is 43.5 Å². The van der Waals surface area contributed by atoms with Gasteiger partial charge in [0.05, 0.1) is 9.30 Å². The highest BCUT2D eigenvalue weighted by Gasteiger charge is 2.09. The van der Waals surface area contributed by atoms with Gasteiger partial charge < -0.3 is 5.32 Å². The third-order valence-electron chi connectivity index (χ3n) is 1.55. The van der Waals surface area contributed by atoms with E-state index in [1.807, 2.05) is 0 Å². The van der Waals surface area contributed by atoms with Gasteiger partial charge in [0.2, 0.25) is 5.91 Å². The minimum absolute atomic E-state index is 0.202. The zero-order chi connectivity index (χ0) is 10.7. The molecule has 1 atom stereocenters. The molecule has 1 N–H and O–H groups in total. The van der Waals surface area contributed by atoms with E-state index in [4.69, 9.17) is 0 Å². The Labute approximate surface area is 98.1 Å². The van der Waals surface area contributed by atoms with Gasteiger partial charge in [-0.25, -0.2) is 4.39 Å². The Hall–Kier alpha value is -0.420. The third-order valence-corrected chi connectivity index (χ3v) is 2.61. The first-order chi connectivity index (χ1) is 6.50. The van der Waals surface area contributed by atoms with Gasteiger partial charge in [0.25, 0.3) is 0 Å². The predicted molar refractivity (Wildman–Crippen MR) is 61.1 cm³/mol. The van der Waals surface area contributed by atoms with Crippen molar-refractivity contribution in [2.45, 2.75) is 11.8 Å². The highest BCUT2D eigenvalue weighted by molar-refractivity contribution is 9.10. The molecule has 0 fully saturated rings. The Balaban J connectivity index is 2.78. The second-order valence-corrected chi connectivity index (χ2v) is 4.96. The van der Waals surface area contributed by atoms with Gasteiger partial charge in [0.1, 0.15) is 5.82 Å². The molecule has 1 aromatic rings. The molecule has 0 radical (unpaired) electrons. The molecule has 0 saturated heterocycles. The number of hydrogen-bond acceptors (Lipinski definition) is 1. The number of nitrogens with one attached hydrogen (secondary N) is 1. The fraction of sp³-hybridized carbons (Fsp3) is 0.222. The SMILES string of the molecule is CC(Br)C(=O)Nc1ccc(Br)c(F)c1. The number of amides is 1. The summed E-state index contributed by atoms with van der Waals surface area (Å²) in [6, 6.07) is 4.43. The molecule has 1 aromatic carbocycles. The average Bonchev–Trinajstić information content (AvgIpc) is 2.11. The average molecular weight is 325 g/mol. The Kier molecular flexibility index (Phi) is 4.07. The fourth-order valence-electron chi connectivity index (χ4n) is 0.816. The normalized spacial score (nSPS) is 12.3. The van der Waals surface area contributed by atoms with E-state index in [1.54, 1.807) is 19.1 Å². The lowest BCUT2D eigenvalue weighted by Crippen LogP contribution is -2.19. The Morgan fingerprint density at radius 1 is 1.57 bits per heavy atom. The van der Waals surface area contributed by atoms with Crippen LogP contribution in [0.4, 0.5) is 10.1 Å². The van der Waals surface area contributed by atoms with Crippen LogP contribution in [0.5, 0.6) is 0 Å². The molecule has 0 aliphatic carbocycles. The van der Waals surface area contributed by atoms with Crippen molar-refractivity contribution in [3.05, 3.63) is 28.5 Å². The van der Waals surface area contributed by atoms with Crippen LogP contribution in [0, 0.1) is 5.82 Å². The van der Waals surface area contributed by atoms with Crippen molar-refractivity contribution in [3.63, 3.8) is 0 Å². The quantitative estimate of drug-likeness (QED) is 0.831. The molecule has 76 valence electrons. The zero-order valence-electron chi connectivity index (χ0n) is 7.35. The van der Waals surface area contributed by atoms with Gasteiger partial charge in [-0.1, -0.05) is 15.9 Å². The zero-order valence-corrected chi connectivity index (χ0v) is 10.5. The lowest BCUT2D eigenvalue weighted by molar-refractivity contribution is -0.115. The summed E-state index contributed by atoms with van der Waals surface area (Å²) in [7, 11) is 0. The molecule has 0 aliphatic rings. The van der Waals surface area contributed by atoms with Crippen LogP contribution in [0.25, 0.3) is 0 Å². The van der Waals surface area contributed by atoms with Crippen molar-refractivity contribution in [1.82, 2.24) is 0 Å². The second kappa shape index (κ2) is 4.89. The van der Waals surface area contributed by atoms with Gasteiger partial charge in [-0.05, 0) is 41.1 Å². The summed E-state index contributed by atoms with van der Waals surface area (Å²) in [6.07, 6.45) is 0. The number of carbonyl (C=O) groups excluding carboxylic acids is 1. The third kappa shape index (κ3) is 3.06. The highest BCUT2D eigenvalue weighted by Crippen LogP contribution is 2.19. The number of halogens is 3. The maximum Gasteiger partial charge on any atom is 0.237 e. The number of rotatable bonds is 2. The van der Waals surface area contributed by atoms with E-state index in [2.05, 4.69) is 37.2 Å². The lowest BCUT2D eigenvalue weighted by Gasteiger charge is -2.06. The first-order valence-corrected chi connectivity index (χ1v) is 5.61. The molecule has 1 unspecified atom stereocenters. The van der Waals surface area contributed by atoms with E-state index < -0.39 is 5.82 Å². The molecule has 5 heteroatoms. The monoisotopic (exact) mass is 323 g/mol. The Morgan fingerprint density at radius 2 is 2.21 bits per heavy atom. The molecule has 1 amide bonds. The van der Waals surface area contributed by atoms with Crippen LogP contribution < -0.4 is 5.32 Å². The van der Waals surface area contributed by atoms with E-state index in [0.717, 1.165) is 0 Å². The Morgan fingerprint density at radius 3 is 2.71 bits per heavy atom. The molecule has 0 saturated carbocycles. The molecule has 14 heavy (non-hydrogen) atoms. The minimum Gasteiger partial charge on any atom is -0.325 e. The van der Waals surface area contributed by atoms with Gasteiger partial charge >= 0.3 is 0 Å². The fourth-order valence-corrected chi connectivity index (χ4v) is 1.18. The van der Waals surface area contributed by atoms with Gasteiger partial charge in [-0.3, -0.25) is 4.79 Å². The van der Waals surface area contributed by atoms with Crippen LogP contribution in [0.3, 0.4) is 0 Å². The molecule has 0 bridgehead atoms. The summed E-state index contributed by atoms with van der Waals surface area (Å²) >= 11 is 6.14. The van der Waals surface area contributed by atoms with Crippen LogP contribution >= 0.6 is 31.9 Å². The van der Waals surface area contributed by atoms with E-state index in [0.29, 0.717) is 10.2 Å². The first kappa shape index (κ1) is 11.7. The standard InChI is InChI=1S/C9H8Br2FNO/c1-5(10)9(14)13-6-2-3-7(11)8(12)4-6/h2-5H,1H3,(H,13,14). The molecule has 0 spiro atoms. The van der Waals surface area contributed by atoms with Crippen LogP contribution in [-0.2, 0) is 4.79 Å². The molecule has 0 heterocycles. The van der Waals surface area contributed by atoms with Crippen LogP contribution in [0.1, 0.15) is 6.92 Å². The van der Waals surface area contributed by atoms with Gasteiger partial charge in [-0.2, -0.15) is 0 Å². The van der Waals surface area contributed by atoms with Crippen molar-refractivity contribution in [3.8, 4) is 0 Å². The topological polar surface area (TPSA) is 29.1 Å². The summed E-state index contributed by atoms with van der Waals surface area (Å²) < 4.78 is 13.4. The summed E-state index contributed by atoms with van der Waals surface area (Å²) in [5.41, 5.74) is 0.446. The number of alkyl halides is 1. The van der Waals surface area contributed by atoms with E-state index in [1.165, 1.54) is 6.07 Å². The van der Waals surface area contributed by atoms with Crippen molar-refractivity contribution in [2.75, 3.05) is 5.32 Å². The summed E-state index contributed by atoms with van der Waals surface area (Å²) in [5.74, 6) is -0.600. The largest absolute Gasteiger partial charge is 0.325 e. The van der Waals surface area contributed by atoms with Gasteiger partial charge in [0.15, 0.2) is 0 Å². The number of hydrogen-bond donors (Lipinski definition) is 1. The smallest absolute Gasteiger partial charge is 0.237 e. The lowest BCUT2D eigenvalue weighted by atomic mass is 10.3. The summed E-state index contributed by atoms with van der Waals surface area (Å²) in [4.78, 5) is 10.9. The number of carbonyl (C=O) groups is 1. The minimum atomic E-state index is -0.398. The van der Waals surface area contributed by atoms with Gasteiger partial charge in [-0.15, -0.1) is 0 Å². The van der Waals surface area contributed by atoms with Crippen molar-refractivity contribution in [1.29, 1.82) is 0 Å². The van der Waals surface area contributed by atoms with E-state index in [9.17, 15) is 9.18 Å². The Bertz CT molecular complexity index is 355. The molecular weight excluding hydrogens is 317 g/mol. The molecule has 0 aromatic heterocycles.